The highest BCUT2D eigenvalue weighted by Crippen LogP contribution is 2.33. The van der Waals surface area contributed by atoms with Gasteiger partial charge >= 0.3 is 0 Å². The van der Waals surface area contributed by atoms with Crippen LogP contribution in [0, 0.1) is 11.6 Å². The van der Waals surface area contributed by atoms with Gasteiger partial charge in [-0.3, -0.25) is 4.98 Å². The van der Waals surface area contributed by atoms with Gasteiger partial charge < -0.3 is 10.5 Å². The minimum atomic E-state index is -0.849. The van der Waals surface area contributed by atoms with Crippen molar-refractivity contribution in [3.63, 3.8) is 0 Å². The van der Waals surface area contributed by atoms with Crippen molar-refractivity contribution in [1.82, 2.24) is 4.98 Å². The lowest BCUT2D eigenvalue weighted by Crippen LogP contribution is -1.97. The van der Waals surface area contributed by atoms with Crippen LogP contribution in [0.25, 0.3) is 10.9 Å². The van der Waals surface area contributed by atoms with Crippen molar-refractivity contribution in [2.24, 2.45) is 0 Å². The average molecular weight is 272 g/mol. The molecule has 3 aromatic rings. The zero-order valence-corrected chi connectivity index (χ0v) is 10.3. The maximum absolute atomic E-state index is 13.4. The van der Waals surface area contributed by atoms with E-state index in [1.165, 1.54) is 0 Å². The fourth-order valence-corrected chi connectivity index (χ4v) is 1.93. The maximum Gasteiger partial charge on any atom is 0.156 e. The van der Waals surface area contributed by atoms with Gasteiger partial charge in [0.2, 0.25) is 0 Å². The van der Waals surface area contributed by atoms with Crippen LogP contribution in [-0.4, -0.2) is 4.98 Å². The summed E-state index contributed by atoms with van der Waals surface area (Å²) < 4.78 is 32.2. The Labute approximate surface area is 113 Å². The van der Waals surface area contributed by atoms with Crippen LogP contribution in [0.4, 0.5) is 14.5 Å². The van der Waals surface area contributed by atoms with E-state index in [1.54, 1.807) is 24.4 Å². The zero-order chi connectivity index (χ0) is 14.1. The summed E-state index contributed by atoms with van der Waals surface area (Å²) in [5.74, 6) is -1.21. The number of anilines is 1. The van der Waals surface area contributed by atoms with Crippen molar-refractivity contribution in [3.05, 3.63) is 60.3 Å². The van der Waals surface area contributed by atoms with E-state index in [9.17, 15) is 8.78 Å². The SMILES string of the molecule is Nc1c(F)cc(F)cc1Oc1cccc2ncccc12. The molecule has 0 radical (unpaired) electrons. The van der Waals surface area contributed by atoms with Gasteiger partial charge in [0.05, 0.1) is 5.52 Å². The standard InChI is InChI=1S/C15H10F2N2O/c16-9-7-11(17)15(18)14(8-9)20-13-5-1-4-12-10(13)3-2-6-19-12/h1-8H,18H2. The molecule has 0 saturated carbocycles. The number of ether oxygens (including phenoxy) is 1. The number of nitrogen functional groups attached to an aromatic ring is 1. The highest BCUT2D eigenvalue weighted by atomic mass is 19.1. The Hall–Kier alpha value is -2.69. The van der Waals surface area contributed by atoms with Crippen LogP contribution in [0.15, 0.2) is 48.7 Å². The first kappa shape index (κ1) is 12.3. The van der Waals surface area contributed by atoms with Crippen LogP contribution in [0.2, 0.25) is 0 Å². The van der Waals surface area contributed by atoms with E-state index in [2.05, 4.69) is 4.98 Å². The third-order valence-corrected chi connectivity index (χ3v) is 2.88. The first-order valence-electron chi connectivity index (χ1n) is 5.91. The van der Waals surface area contributed by atoms with Crippen molar-refractivity contribution >= 4 is 16.6 Å². The van der Waals surface area contributed by atoms with Gasteiger partial charge in [-0.05, 0) is 24.3 Å². The van der Waals surface area contributed by atoms with Crippen molar-refractivity contribution in [2.75, 3.05) is 5.73 Å². The summed E-state index contributed by atoms with van der Waals surface area (Å²) in [5.41, 5.74) is 6.05. The van der Waals surface area contributed by atoms with E-state index < -0.39 is 11.6 Å². The topological polar surface area (TPSA) is 48.1 Å². The first-order chi connectivity index (χ1) is 9.65. The lowest BCUT2D eigenvalue weighted by Gasteiger charge is -2.11. The molecule has 0 aliphatic carbocycles. The Bertz CT molecular complexity index is 785. The Morgan fingerprint density at radius 2 is 1.85 bits per heavy atom. The summed E-state index contributed by atoms with van der Waals surface area (Å²) >= 11 is 0. The van der Waals surface area contributed by atoms with Gasteiger partial charge in [-0.25, -0.2) is 8.78 Å². The van der Waals surface area contributed by atoms with Crippen molar-refractivity contribution < 1.29 is 13.5 Å². The molecule has 100 valence electrons. The summed E-state index contributed by atoms with van der Waals surface area (Å²) in [6, 6.07) is 10.6. The molecule has 0 atom stereocenters. The number of nitrogens with zero attached hydrogens (tertiary/aromatic N) is 1. The number of hydrogen-bond acceptors (Lipinski definition) is 3. The summed E-state index contributed by atoms with van der Waals surface area (Å²) in [5, 5.41) is 0.735. The first-order valence-corrected chi connectivity index (χ1v) is 5.91. The summed E-state index contributed by atoms with van der Waals surface area (Å²) in [4.78, 5) is 4.18. The Morgan fingerprint density at radius 1 is 1.00 bits per heavy atom. The zero-order valence-electron chi connectivity index (χ0n) is 10.3. The Balaban J connectivity index is 2.10. The minimum absolute atomic E-state index is 0.0566. The molecule has 0 spiro atoms. The third kappa shape index (κ3) is 2.14. The molecular weight excluding hydrogens is 262 g/mol. The molecule has 0 saturated heterocycles. The van der Waals surface area contributed by atoms with E-state index in [-0.39, 0.29) is 11.4 Å². The second-order valence-electron chi connectivity index (χ2n) is 4.23. The van der Waals surface area contributed by atoms with Gasteiger partial charge in [0.25, 0.3) is 0 Å². The molecule has 1 aromatic heterocycles. The molecule has 0 unspecified atom stereocenters. The molecule has 5 heteroatoms. The molecule has 3 rings (SSSR count). The fraction of sp³-hybridized carbons (Fsp3) is 0. The fourth-order valence-electron chi connectivity index (χ4n) is 1.93. The molecule has 0 fully saturated rings. The Kier molecular flexibility index (Phi) is 2.95. The van der Waals surface area contributed by atoms with Gasteiger partial charge in [0.1, 0.15) is 17.3 Å². The quantitative estimate of drug-likeness (QED) is 0.720. The van der Waals surface area contributed by atoms with E-state index in [1.807, 2.05) is 12.1 Å². The molecule has 0 aliphatic heterocycles. The van der Waals surface area contributed by atoms with Crippen LogP contribution in [-0.2, 0) is 0 Å². The van der Waals surface area contributed by atoms with Crippen LogP contribution in [0.3, 0.4) is 0 Å². The molecule has 0 amide bonds. The van der Waals surface area contributed by atoms with Crippen molar-refractivity contribution in [2.45, 2.75) is 0 Å². The van der Waals surface area contributed by atoms with Gasteiger partial charge in [-0.2, -0.15) is 0 Å². The number of rotatable bonds is 2. The minimum Gasteiger partial charge on any atom is -0.454 e. The molecule has 2 N–H and O–H groups in total. The lowest BCUT2D eigenvalue weighted by atomic mass is 10.2. The van der Waals surface area contributed by atoms with Gasteiger partial charge in [-0.1, -0.05) is 6.07 Å². The monoisotopic (exact) mass is 272 g/mol. The number of pyridine rings is 1. The normalized spacial score (nSPS) is 10.7. The largest absolute Gasteiger partial charge is 0.454 e. The summed E-state index contributed by atoms with van der Waals surface area (Å²) in [6.45, 7) is 0. The molecular formula is C15H10F2N2O. The Morgan fingerprint density at radius 3 is 2.70 bits per heavy atom. The van der Waals surface area contributed by atoms with E-state index in [4.69, 9.17) is 10.5 Å². The van der Waals surface area contributed by atoms with E-state index in [0.29, 0.717) is 11.8 Å². The molecule has 3 nitrogen and oxygen atoms in total. The number of halogens is 2. The highest BCUT2D eigenvalue weighted by Gasteiger charge is 2.11. The molecule has 20 heavy (non-hydrogen) atoms. The second kappa shape index (κ2) is 4.77. The van der Waals surface area contributed by atoms with Crippen molar-refractivity contribution in [3.8, 4) is 11.5 Å². The number of aromatic nitrogens is 1. The van der Waals surface area contributed by atoms with Crippen LogP contribution >= 0.6 is 0 Å². The number of nitrogens with two attached hydrogens (primary N) is 1. The number of benzene rings is 2. The number of hydrogen-bond donors (Lipinski definition) is 1. The van der Waals surface area contributed by atoms with Gasteiger partial charge in [0.15, 0.2) is 11.6 Å². The third-order valence-electron chi connectivity index (χ3n) is 2.88. The van der Waals surface area contributed by atoms with Crippen molar-refractivity contribution in [1.29, 1.82) is 0 Å². The number of fused-ring (bicyclic) bond motifs is 1. The van der Waals surface area contributed by atoms with Crippen LogP contribution in [0.5, 0.6) is 11.5 Å². The van der Waals surface area contributed by atoms with Crippen LogP contribution < -0.4 is 10.5 Å². The highest BCUT2D eigenvalue weighted by molar-refractivity contribution is 5.85. The van der Waals surface area contributed by atoms with E-state index in [0.717, 1.165) is 17.0 Å². The summed E-state index contributed by atoms with van der Waals surface area (Å²) in [6.07, 6.45) is 1.66. The molecule has 2 aromatic carbocycles. The smallest absolute Gasteiger partial charge is 0.156 e. The second-order valence-corrected chi connectivity index (χ2v) is 4.23. The maximum atomic E-state index is 13.4. The molecule has 0 bridgehead atoms. The average Bonchev–Trinajstić information content (AvgIpc) is 2.44. The summed E-state index contributed by atoms with van der Waals surface area (Å²) in [7, 11) is 0. The van der Waals surface area contributed by atoms with Crippen LogP contribution in [0.1, 0.15) is 0 Å². The molecule has 1 heterocycles. The van der Waals surface area contributed by atoms with Gasteiger partial charge in [0, 0.05) is 23.7 Å². The predicted octanol–water partition coefficient (Wildman–Crippen LogP) is 3.89. The molecule has 0 aliphatic rings. The lowest BCUT2D eigenvalue weighted by molar-refractivity contribution is 0.477. The van der Waals surface area contributed by atoms with Gasteiger partial charge in [-0.15, -0.1) is 0 Å². The van der Waals surface area contributed by atoms with E-state index >= 15 is 0 Å². The predicted molar refractivity (Wildman–Crippen MR) is 72.6 cm³/mol.